The SMILES string of the molecule is CCCNc1nccc(NC2CC2(C)C)n1. The molecule has 2 N–H and O–H groups in total. The molecule has 0 aliphatic heterocycles. The van der Waals surface area contributed by atoms with Crippen LogP contribution >= 0.6 is 0 Å². The van der Waals surface area contributed by atoms with Crippen molar-refractivity contribution in [3.8, 4) is 0 Å². The number of anilines is 2. The number of aromatic nitrogens is 2. The van der Waals surface area contributed by atoms with Crippen molar-refractivity contribution >= 4 is 11.8 Å². The topological polar surface area (TPSA) is 49.8 Å². The van der Waals surface area contributed by atoms with E-state index in [1.807, 2.05) is 6.07 Å². The predicted molar refractivity (Wildman–Crippen MR) is 66.6 cm³/mol. The molecule has 88 valence electrons. The molecule has 0 aromatic carbocycles. The molecule has 0 bridgehead atoms. The first-order valence-electron chi connectivity index (χ1n) is 5.95. The van der Waals surface area contributed by atoms with E-state index in [1.54, 1.807) is 6.20 Å². The molecule has 4 heteroatoms. The van der Waals surface area contributed by atoms with Crippen molar-refractivity contribution in [2.45, 2.75) is 39.7 Å². The zero-order valence-electron chi connectivity index (χ0n) is 10.2. The third kappa shape index (κ3) is 2.62. The number of nitrogens with zero attached hydrogens (tertiary/aromatic N) is 2. The largest absolute Gasteiger partial charge is 0.367 e. The Morgan fingerprint density at radius 3 is 2.88 bits per heavy atom. The summed E-state index contributed by atoms with van der Waals surface area (Å²) < 4.78 is 0. The van der Waals surface area contributed by atoms with Gasteiger partial charge in [-0.15, -0.1) is 0 Å². The molecule has 0 saturated heterocycles. The lowest BCUT2D eigenvalue weighted by molar-refractivity contribution is 0.630. The van der Waals surface area contributed by atoms with E-state index >= 15 is 0 Å². The van der Waals surface area contributed by atoms with Crippen LogP contribution in [0.4, 0.5) is 11.8 Å². The summed E-state index contributed by atoms with van der Waals surface area (Å²) >= 11 is 0. The molecule has 1 aliphatic carbocycles. The molecule has 1 heterocycles. The fourth-order valence-corrected chi connectivity index (χ4v) is 1.65. The highest BCUT2D eigenvalue weighted by molar-refractivity contribution is 5.42. The number of hydrogen-bond donors (Lipinski definition) is 2. The summed E-state index contributed by atoms with van der Waals surface area (Å²) in [6, 6.07) is 2.48. The molecule has 4 nitrogen and oxygen atoms in total. The van der Waals surface area contributed by atoms with Crippen LogP contribution in [0.1, 0.15) is 33.6 Å². The van der Waals surface area contributed by atoms with Gasteiger partial charge in [-0.25, -0.2) is 4.98 Å². The lowest BCUT2D eigenvalue weighted by Gasteiger charge is -2.08. The van der Waals surface area contributed by atoms with Crippen LogP contribution in [0.25, 0.3) is 0 Å². The van der Waals surface area contributed by atoms with Crippen LogP contribution in [-0.4, -0.2) is 22.6 Å². The molecule has 1 aromatic rings. The molecule has 0 radical (unpaired) electrons. The van der Waals surface area contributed by atoms with Crippen LogP contribution in [0.5, 0.6) is 0 Å². The van der Waals surface area contributed by atoms with Crippen LogP contribution in [-0.2, 0) is 0 Å². The Kier molecular flexibility index (Phi) is 2.99. The smallest absolute Gasteiger partial charge is 0.224 e. The molecule has 1 atom stereocenters. The van der Waals surface area contributed by atoms with Crippen molar-refractivity contribution in [2.75, 3.05) is 17.2 Å². The first-order valence-corrected chi connectivity index (χ1v) is 5.95. The Morgan fingerprint density at radius 1 is 1.50 bits per heavy atom. The minimum Gasteiger partial charge on any atom is -0.367 e. The van der Waals surface area contributed by atoms with E-state index in [-0.39, 0.29) is 0 Å². The molecule has 2 rings (SSSR count). The van der Waals surface area contributed by atoms with Crippen molar-refractivity contribution < 1.29 is 0 Å². The maximum atomic E-state index is 4.42. The van der Waals surface area contributed by atoms with Crippen LogP contribution in [0.15, 0.2) is 12.3 Å². The van der Waals surface area contributed by atoms with E-state index < -0.39 is 0 Å². The molecular formula is C12H20N4. The van der Waals surface area contributed by atoms with E-state index in [1.165, 1.54) is 6.42 Å². The quantitative estimate of drug-likeness (QED) is 0.800. The van der Waals surface area contributed by atoms with Crippen molar-refractivity contribution in [2.24, 2.45) is 5.41 Å². The third-order valence-electron chi connectivity index (χ3n) is 3.02. The summed E-state index contributed by atoms with van der Waals surface area (Å²) in [5, 5.41) is 6.62. The fraction of sp³-hybridized carbons (Fsp3) is 0.667. The predicted octanol–water partition coefficient (Wildman–Crippen LogP) is 2.51. The zero-order valence-corrected chi connectivity index (χ0v) is 10.2. The molecule has 0 amide bonds. The Morgan fingerprint density at radius 2 is 2.25 bits per heavy atom. The van der Waals surface area contributed by atoms with Crippen molar-refractivity contribution in [1.82, 2.24) is 9.97 Å². The monoisotopic (exact) mass is 220 g/mol. The van der Waals surface area contributed by atoms with Gasteiger partial charge in [0, 0.05) is 18.8 Å². The summed E-state index contributed by atoms with van der Waals surface area (Å²) in [6.45, 7) is 7.57. The summed E-state index contributed by atoms with van der Waals surface area (Å²) in [5.74, 6) is 1.63. The Bertz CT molecular complexity index is 362. The number of hydrogen-bond acceptors (Lipinski definition) is 4. The maximum Gasteiger partial charge on any atom is 0.224 e. The van der Waals surface area contributed by atoms with Gasteiger partial charge in [0.1, 0.15) is 5.82 Å². The summed E-state index contributed by atoms with van der Waals surface area (Å²) in [7, 11) is 0. The lowest BCUT2D eigenvalue weighted by atomic mass is 10.2. The van der Waals surface area contributed by atoms with E-state index in [2.05, 4.69) is 41.4 Å². The van der Waals surface area contributed by atoms with Gasteiger partial charge in [0.15, 0.2) is 0 Å². The molecule has 1 saturated carbocycles. The third-order valence-corrected chi connectivity index (χ3v) is 3.02. The average molecular weight is 220 g/mol. The molecular weight excluding hydrogens is 200 g/mol. The lowest BCUT2D eigenvalue weighted by Crippen LogP contribution is -2.11. The van der Waals surface area contributed by atoms with Gasteiger partial charge in [-0.1, -0.05) is 20.8 Å². The molecule has 0 spiro atoms. The van der Waals surface area contributed by atoms with E-state index in [0.29, 0.717) is 17.4 Å². The Labute approximate surface area is 96.9 Å². The van der Waals surface area contributed by atoms with E-state index in [4.69, 9.17) is 0 Å². The molecule has 16 heavy (non-hydrogen) atoms. The van der Waals surface area contributed by atoms with Gasteiger partial charge in [0.2, 0.25) is 5.95 Å². The highest BCUT2D eigenvalue weighted by Crippen LogP contribution is 2.46. The number of rotatable bonds is 5. The first-order chi connectivity index (χ1) is 7.62. The first kappa shape index (κ1) is 11.2. The second-order valence-electron chi connectivity index (χ2n) is 5.08. The molecule has 1 fully saturated rings. The van der Waals surface area contributed by atoms with Gasteiger partial charge >= 0.3 is 0 Å². The highest BCUT2D eigenvalue weighted by Gasteiger charge is 2.45. The van der Waals surface area contributed by atoms with Crippen molar-refractivity contribution in [1.29, 1.82) is 0 Å². The minimum absolute atomic E-state index is 0.419. The van der Waals surface area contributed by atoms with Gasteiger partial charge in [-0.05, 0) is 24.3 Å². The second kappa shape index (κ2) is 4.28. The van der Waals surface area contributed by atoms with Crippen molar-refractivity contribution in [3.05, 3.63) is 12.3 Å². The van der Waals surface area contributed by atoms with Gasteiger partial charge in [0.25, 0.3) is 0 Å². The Balaban J connectivity index is 1.94. The molecule has 1 unspecified atom stereocenters. The van der Waals surface area contributed by atoms with Crippen LogP contribution in [0.3, 0.4) is 0 Å². The molecule has 1 aromatic heterocycles. The normalized spacial score (nSPS) is 21.6. The summed E-state index contributed by atoms with van der Waals surface area (Å²) in [6.07, 6.45) is 4.09. The van der Waals surface area contributed by atoms with Gasteiger partial charge in [0.05, 0.1) is 0 Å². The average Bonchev–Trinajstić information content (AvgIpc) is 2.83. The van der Waals surface area contributed by atoms with E-state index in [9.17, 15) is 0 Å². The van der Waals surface area contributed by atoms with Gasteiger partial charge < -0.3 is 10.6 Å². The van der Waals surface area contributed by atoms with Crippen LogP contribution < -0.4 is 10.6 Å². The van der Waals surface area contributed by atoms with Crippen molar-refractivity contribution in [3.63, 3.8) is 0 Å². The van der Waals surface area contributed by atoms with Crippen LogP contribution in [0, 0.1) is 5.41 Å². The summed E-state index contributed by atoms with van der Waals surface area (Å²) in [4.78, 5) is 8.60. The molecule has 1 aliphatic rings. The summed E-state index contributed by atoms with van der Waals surface area (Å²) in [5.41, 5.74) is 0.419. The minimum atomic E-state index is 0.419. The standard InChI is InChI=1S/C12H20N4/c1-4-6-13-11-14-7-5-10(16-11)15-9-8-12(9,2)3/h5,7,9H,4,6,8H2,1-3H3,(H2,13,14,15,16). The highest BCUT2D eigenvalue weighted by atomic mass is 15.2. The van der Waals surface area contributed by atoms with Gasteiger partial charge in [-0.3, -0.25) is 0 Å². The zero-order chi connectivity index (χ0) is 11.6. The number of nitrogens with one attached hydrogen (secondary N) is 2. The Hall–Kier alpha value is -1.32. The van der Waals surface area contributed by atoms with Gasteiger partial charge in [-0.2, -0.15) is 4.98 Å². The second-order valence-corrected chi connectivity index (χ2v) is 5.08. The maximum absolute atomic E-state index is 4.42. The fourth-order valence-electron chi connectivity index (χ4n) is 1.65. The van der Waals surface area contributed by atoms with E-state index in [0.717, 1.165) is 18.8 Å². The van der Waals surface area contributed by atoms with Crippen LogP contribution in [0.2, 0.25) is 0 Å².